The molecule has 2 aromatic carbocycles. The first-order chi connectivity index (χ1) is 7.79. The molecular weight excluding hydrogens is 216 g/mol. The molecule has 0 fully saturated rings. The van der Waals surface area contributed by atoms with Gasteiger partial charge in [0.05, 0.1) is 5.03 Å². The number of allylic oxidation sites excluding steroid dienone is 1. The van der Waals surface area contributed by atoms with Crippen molar-refractivity contribution >= 4 is 22.2 Å². The van der Waals surface area contributed by atoms with Crippen molar-refractivity contribution in [2.24, 2.45) is 0 Å². The zero-order chi connectivity index (χ0) is 11.4. The van der Waals surface area contributed by atoms with Crippen LogP contribution in [0.3, 0.4) is 0 Å². The van der Waals surface area contributed by atoms with E-state index < -0.39 is 0 Å². The average molecular weight is 229 g/mol. The van der Waals surface area contributed by atoms with Crippen LogP contribution in [-0.4, -0.2) is 0 Å². The third kappa shape index (κ3) is 2.34. The molecule has 0 N–H and O–H groups in total. The van der Waals surface area contributed by atoms with Gasteiger partial charge in [0.2, 0.25) is 0 Å². The second-order valence-electron chi connectivity index (χ2n) is 3.67. The fourth-order valence-electron chi connectivity index (χ4n) is 1.62. The predicted molar refractivity (Wildman–Crippen MR) is 71.2 cm³/mol. The van der Waals surface area contributed by atoms with Gasteiger partial charge in [-0.3, -0.25) is 0 Å². The Bertz CT molecular complexity index is 436. The Kier molecular flexibility index (Phi) is 3.43. The second kappa shape index (κ2) is 5.00. The minimum atomic E-state index is 0.812. The average Bonchev–Trinajstić information content (AvgIpc) is 2.39. The molecule has 0 spiro atoms. The van der Waals surface area contributed by atoms with Crippen LogP contribution in [0.25, 0.3) is 10.6 Å². The Morgan fingerprint density at radius 1 is 0.750 bits per heavy atom. The van der Waals surface area contributed by atoms with Crippen molar-refractivity contribution in [1.82, 2.24) is 0 Å². The zero-order valence-electron chi connectivity index (χ0n) is 9.15. The maximum Gasteiger partial charge on any atom is 0.0513 e. The number of hydrogen-bond acceptors (Lipinski definition) is 0. The molecule has 0 heterocycles. The second-order valence-corrected chi connectivity index (χ2v) is 4.05. The molecule has 0 aromatic heterocycles. The molecule has 0 amide bonds. The maximum absolute atomic E-state index is 6.37. The van der Waals surface area contributed by atoms with Crippen LogP contribution >= 0.6 is 11.6 Å². The van der Waals surface area contributed by atoms with E-state index in [2.05, 4.69) is 12.1 Å². The van der Waals surface area contributed by atoms with Crippen molar-refractivity contribution in [3.8, 4) is 0 Å². The maximum atomic E-state index is 6.37. The van der Waals surface area contributed by atoms with Gasteiger partial charge >= 0.3 is 0 Å². The zero-order valence-corrected chi connectivity index (χ0v) is 9.91. The minimum absolute atomic E-state index is 0.812. The van der Waals surface area contributed by atoms with Crippen molar-refractivity contribution in [2.75, 3.05) is 0 Å². The quantitative estimate of drug-likeness (QED) is 0.647. The molecule has 80 valence electrons. The van der Waals surface area contributed by atoms with Crippen LogP contribution in [0.5, 0.6) is 0 Å². The van der Waals surface area contributed by atoms with E-state index in [0.717, 1.165) is 21.7 Å². The van der Waals surface area contributed by atoms with Crippen LogP contribution in [0.4, 0.5) is 0 Å². The molecule has 1 heteroatoms. The highest BCUT2D eigenvalue weighted by Crippen LogP contribution is 2.28. The van der Waals surface area contributed by atoms with Gasteiger partial charge in [0.25, 0.3) is 0 Å². The van der Waals surface area contributed by atoms with E-state index in [9.17, 15) is 0 Å². The summed E-state index contributed by atoms with van der Waals surface area (Å²) in [6.45, 7) is 2.05. The molecule has 0 aliphatic heterocycles. The first-order valence-electron chi connectivity index (χ1n) is 5.26. The van der Waals surface area contributed by atoms with Gasteiger partial charge in [-0.05, 0) is 23.6 Å². The normalized spacial score (nSPS) is 12.1. The lowest BCUT2D eigenvalue weighted by Crippen LogP contribution is -1.83. The molecule has 0 atom stereocenters. The van der Waals surface area contributed by atoms with Gasteiger partial charge in [-0.25, -0.2) is 0 Å². The van der Waals surface area contributed by atoms with Crippen molar-refractivity contribution in [3.63, 3.8) is 0 Å². The summed E-state index contributed by atoms with van der Waals surface area (Å²) in [5, 5.41) is 0.812. The van der Waals surface area contributed by atoms with E-state index in [0.29, 0.717) is 0 Å². The summed E-state index contributed by atoms with van der Waals surface area (Å²) in [5.74, 6) is 0. The highest BCUT2D eigenvalue weighted by molar-refractivity contribution is 6.52. The van der Waals surface area contributed by atoms with Crippen LogP contribution in [0, 0.1) is 0 Å². The van der Waals surface area contributed by atoms with Crippen LogP contribution in [0.15, 0.2) is 60.7 Å². The smallest absolute Gasteiger partial charge is 0.0513 e. The molecule has 2 aromatic rings. The summed E-state index contributed by atoms with van der Waals surface area (Å²) >= 11 is 6.37. The van der Waals surface area contributed by atoms with Gasteiger partial charge in [-0.15, -0.1) is 0 Å². The van der Waals surface area contributed by atoms with Crippen molar-refractivity contribution < 1.29 is 0 Å². The standard InChI is InChI=1S/C15H13Cl/c1-12(13-8-4-2-5-9-13)15(16)14-10-6-3-7-11-14/h2-11H,1H3/b15-12-. The molecular formula is C15H13Cl. The van der Waals surface area contributed by atoms with Gasteiger partial charge in [0, 0.05) is 0 Å². The first kappa shape index (κ1) is 11.0. The van der Waals surface area contributed by atoms with Gasteiger partial charge in [0.1, 0.15) is 0 Å². The lowest BCUT2D eigenvalue weighted by molar-refractivity contribution is 1.56. The van der Waals surface area contributed by atoms with E-state index in [1.165, 1.54) is 0 Å². The molecule has 2 rings (SSSR count). The van der Waals surface area contributed by atoms with E-state index >= 15 is 0 Å². The molecule has 0 aliphatic carbocycles. The molecule has 0 nitrogen and oxygen atoms in total. The Morgan fingerprint density at radius 3 is 1.69 bits per heavy atom. The fraction of sp³-hybridized carbons (Fsp3) is 0.0667. The van der Waals surface area contributed by atoms with Crippen molar-refractivity contribution in [1.29, 1.82) is 0 Å². The third-order valence-electron chi connectivity index (χ3n) is 2.56. The Hall–Kier alpha value is -1.53. The lowest BCUT2D eigenvalue weighted by atomic mass is 10.0. The van der Waals surface area contributed by atoms with Crippen LogP contribution < -0.4 is 0 Å². The molecule has 0 unspecified atom stereocenters. The third-order valence-corrected chi connectivity index (χ3v) is 3.06. The number of hydrogen-bond donors (Lipinski definition) is 0. The van der Waals surface area contributed by atoms with Gasteiger partial charge in [-0.1, -0.05) is 72.3 Å². The molecule has 0 aliphatic rings. The Balaban J connectivity index is 2.43. The van der Waals surface area contributed by atoms with E-state index in [4.69, 9.17) is 11.6 Å². The summed E-state index contributed by atoms with van der Waals surface area (Å²) in [4.78, 5) is 0. The molecule has 0 saturated heterocycles. The molecule has 16 heavy (non-hydrogen) atoms. The SMILES string of the molecule is C/C(=C(/Cl)c1ccccc1)c1ccccc1. The lowest BCUT2D eigenvalue weighted by Gasteiger charge is -2.06. The minimum Gasteiger partial charge on any atom is -0.0834 e. The predicted octanol–water partition coefficient (Wildman–Crippen LogP) is 4.81. The number of rotatable bonds is 2. The Labute approximate surface area is 101 Å². The summed E-state index contributed by atoms with van der Waals surface area (Å²) in [6.07, 6.45) is 0. The molecule has 0 bridgehead atoms. The van der Waals surface area contributed by atoms with Crippen LogP contribution in [0.2, 0.25) is 0 Å². The van der Waals surface area contributed by atoms with E-state index in [1.54, 1.807) is 0 Å². The van der Waals surface area contributed by atoms with Gasteiger partial charge in [0.15, 0.2) is 0 Å². The summed E-state index contributed by atoms with van der Waals surface area (Å²) in [7, 11) is 0. The van der Waals surface area contributed by atoms with Crippen molar-refractivity contribution in [3.05, 3.63) is 71.8 Å². The van der Waals surface area contributed by atoms with E-state index in [1.807, 2.05) is 55.5 Å². The van der Waals surface area contributed by atoms with Crippen LogP contribution in [0.1, 0.15) is 18.1 Å². The van der Waals surface area contributed by atoms with Gasteiger partial charge in [-0.2, -0.15) is 0 Å². The topological polar surface area (TPSA) is 0 Å². The monoisotopic (exact) mass is 228 g/mol. The Morgan fingerprint density at radius 2 is 1.19 bits per heavy atom. The van der Waals surface area contributed by atoms with E-state index in [-0.39, 0.29) is 0 Å². The highest BCUT2D eigenvalue weighted by Gasteiger charge is 2.03. The molecule has 0 saturated carbocycles. The summed E-state index contributed by atoms with van der Waals surface area (Å²) in [5.41, 5.74) is 3.33. The van der Waals surface area contributed by atoms with Gasteiger partial charge < -0.3 is 0 Å². The highest BCUT2D eigenvalue weighted by atomic mass is 35.5. The number of halogens is 1. The van der Waals surface area contributed by atoms with Crippen LogP contribution in [-0.2, 0) is 0 Å². The fourth-order valence-corrected chi connectivity index (χ4v) is 1.85. The summed E-state index contributed by atoms with van der Waals surface area (Å²) in [6, 6.07) is 20.2. The van der Waals surface area contributed by atoms with Crippen molar-refractivity contribution in [2.45, 2.75) is 6.92 Å². The first-order valence-corrected chi connectivity index (χ1v) is 5.64. The largest absolute Gasteiger partial charge is 0.0834 e. The molecule has 0 radical (unpaired) electrons. The summed E-state index contributed by atoms with van der Waals surface area (Å²) < 4.78 is 0. The number of benzene rings is 2.